The minimum absolute atomic E-state index is 0.775. The van der Waals surface area contributed by atoms with Gasteiger partial charge >= 0.3 is 0 Å². The molecule has 0 saturated carbocycles. The summed E-state index contributed by atoms with van der Waals surface area (Å²) in [5, 5.41) is 3.26. The maximum Gasteiger partial charge on any atom is 0.0469 e. The average Bonchev–Trinajstić information content (AvgIpc) is 2.12. The van der Waals surface area contributed by atoms with Crippen LogP contribution in [0.4, 0.5) is 0 Å². The lowest BCUT2D eigenvalue weighted by molar-refractivity contribution is 0.117. The number of nitrogens with one attached hydrogen (secondary N) is 1. The van der Waals surface area contributed by atoms with E-state index in [4.69, 9.17) is 4.74 Å². The minimum Gasteiger partial charge on any atom is -0.381 e. The second-order valence-corrected chi connectivity index (χ2v) is 4.45. The largest absolute Gasteiger partial charge is 0.381 e. The van der Waals surface area contributed by atoms with Crippen molar-refractivity contribution in [3.63, 3.8) is 0 Å². The predicted molar refractivity (Wildman–Crippen MR) is 62.6 cm³/mol. The summed E-state index contributed by atoms with van der Waals surface area (Å²) in [6.45, 7) is 9.68. The highest BCUT2D eigenvalue weighted by atomic mass is 16.5. The lowest BCUT2D eigenvalue weighted by atomic mass is 9.94. The van der Waals surface area contributed by atoms with Crippen LogP contribution in [-0.2, 0) is 4.74 Å². The smallest absolute Gasteiger partial charge is 0.0469 e. The van der Waals surface area contributed by atoms with Crippen molar-refractivity contribution in [2.75, 3.05) is 26.8 Å². The molecule has 0 aliphatic rings. The first-order valence-corrected chi connectivity index (χ1v) is 5.93. The Balaban J connectivity index is 3.51. The minimum atomic E-state index is 0.775. The molecular weight excluding hydrogens is 174 g/mol. The molecule has 0 bridgehead atoms. The summed E-state index contributed by atoms with van der Waals surface area (Å²) in [5.74, 6) is 1.57. The van der Waals surface area contributed by atoms with Gasteiger partial charge in [-0.2, -0.15) is 0 Å². The van der Waals surface area contributed by atoms with Gasteiger partial charge in [0.25, 0.3) is 0 Å². The van der Waals surface area contributed by atoms with Gasteiger partial charge in [0.1, 0.15) is 0 Å². The molecule has 0 saturated heterocycles. The van der Waals surface area contributed by atoms with Crippen LogP contribution in [0.1, 0.15) is 40.0 Å². The van der Waals surface area contributed by atoms with Crippen molar-refractivity contribution in [3.8, 4) is 0 Å². The second kappa shape index (κ2) is 9.47. The standard InChI is InChI=1S/C12H27NO/c1-5-7-14-8-6-12(10-13-4)9-11(2)3/h11-13H,5-10H2,1-4H3. The van der Waals surface area contributed by atoms with Crippen molar-refractivity contribution in [2.24, 2.45) is 11.8 Å². The van der Waals surface area contributed by atoms with Crippen LogP contribution in [0.2, 0.25) is 0 Å². The van der Waals surface area contributed by atoms with Gasteiger partial charge in [-0.15, -0.1) is 0 Å². The van der Waals surface area contributed by atoms with E-state index in [1.165, 1.54) is 12.8 Å². The number of hydrogen-bond acceptors (Lipinski definition) is 2. The number of ether oxygens (including phenoxy) is 1. The van der Waals surface area contributed by atoms with Crippen LogP contribution in [0.15, 0.2) is 0 Å². The maximum absolute atomic E-state index is 5.51. The Kier molecular flexibility index (Phi) is 9.42. The van der Waals surface area contributed by atoms with E-state index in [1.54, 1.807) is 0 Å². The van der Waals surface area contributed by atoms with E-state index >= 15 is 0 Å². The molecule has 0 heterocycles. The van der Waals surface area contributed by atoms with Crippen molar-refractivity contribution in [1.82, 2.24) is 5.32 Å². The number of hydrogen-bond donors (Lipinski definition) is 1. The predicted octanol–water partition coefficient (Wildman–Crippen LogP) is 2.68. The van der Waals surface area contributed by atoms with E-state index in [0.29, 0.717) is 0 Å². The van der Waals surface area contributed by atoms with Crippen molar-refractivity contribution >= 4 is 0 Å². The van der Waals surface area contributed by atoms with Crippen LogP contribution in [0.3, 0.4) is 0 Å². The molecule has 0 fully saturated rings. The third kappa shape index (κ3) is 8.52. The van der Waals surface area contributed by atoms with Gasteiger partial charge in [-0.3, -0.25) is 0 Å². The van der Waals surface area contributed by atoms with E-state index in [1.807, 2.05) is 7.05 Å². The van der Waals surface area contributed by atoms with Gasteiger partial charge in [0.05, 0.1) is 0 Å². The summed E-state index contributed by atoms with van der Waals surface area (Å²) in [7, 11) is 2.03. The highest BCUT2D eigenvalue weighted by molar-refractivity contribution is 4.63. The van der Waals surface area contributed by atoms with Gasteiger partial charge in [-0.05, 0) is 44.7 Å². The van der Waals surface area contributed by atoms with Crippen LogP contribution in [0.25, 0.3) is 0 Å². The van der Waals surface area contributed by atoms with E-state index < -0.39 is 0 Å². The second-order valence-electron chi connectivity index (χ2n) is 4.45. The third-order valence-corrected chi connectivity index (χ3v) is 2.32. The lowest BCUT2D eigenvalue weighted by Gasteiger charge is -2.18. The molecular formula is C12H27NO. The maximum atomic E-state index is 5.51. The van der Waals surface area contributed by atoms with Gasteiger partial charge in [-0.25, -0.2) is 0 Å². The Bertz CT molecular complexity index is 115. The lowest BCUT2D eigenvalue weighted by Crippen LogP contribution is -2.21. The van der Waals surface area contributed by atoms with E-state index in [2.05, 4.69) is 26.1 Å². The molecule has 1 unspecified atom stereocenters. The molecule has 0 rings (SSSR count). The fraction of sp³-hybridized carbons (Fsp3) is 1.00. The Hall–Kier alpha value is -0.0800. The van der Waals surface area contributed by atoms with Gasteiger partial charge in [0, 0.05) is 13.2 Å². The Morgan fingerprint density at radius 2 is 1.93 bits per heavy atom. The molecule has 2 heteroatoms. The van der Waals surface area contributed by atoms with Crippen molar-refractivity contribution < 1.29 is 4.74 Å². The first-order valence-electron chi connectivity index (χ1n) is 5.93. The molecule has 2 nitrogen and oxygen atoms in total. The van der Waals surface area contributed by atoms with Crippen LogP contribution in [0, 0.1) is 11.8 Å². The van der Waals surface area contributed by atoms with Crippen molar-refractivity contribution in [2.45, 2.75) is 40.0 Å². The number of rotatable bonds is 9. The van der Waals surface area contributed by atoms with Gasteiger partial charge < -0.3 is 10.1 Å². The van der Waals surface area contributed by atoms with E-state index in [9.17, 15) is 0 Å². The molecule has 0 aliphatic carbocycles. The zero-order valence-electron chi connectivity index (χ0n) is 10.3. The Morgan fingerprint density at radius 1 is 1.21 bits per heavy atom. The molecule has 1 atom stereocenters. The molecule has 0 aromatic rings. The third-order valence-electron chi connectivity index (χ3n) is 2.32. The molecule has 0 aromatic carbocycles. The highest BCUT2D eigenvalue weighted by Gasteiger charge is 2.09. The zero-order valence-corrected chi connectivity index (χ0v) is 10.3. The monoisotopic (exact) mass is 201 g/mol. The normalized spacial score (nSPS) is 13.5. The molecule has 0 aliphatic heterocycles. The average molecular weight is 201 g/mol. The van der Waals surface area contributed by atoms with E-state index in [0.717, 1.165) is 38.0 Å². The summed E-state index contributed by atoms with van der Waals surface area (Å²) in [4.78, 5) is 0. The first-order chi connectivity index (χ1) is 6.70. The van der Waals surface area contributed by atoms with E-state index in [-0.39, 0.29) is 0 Å². The fourth-order valence-corrected chi connectivity index (χ4v) is 1.75. The molecule has 0 aromatic heterocycles. The van der Waals surface area contributed by atoms with Crippen LogP contribution in [0.5, 0.6) is 0 Å². The van der Waals surface area contributed by atoms with Gasteiger partial charge in [0.2, 0.25) is 0 Å². The highest BCUT2D eigenvalue weighted by Crippen LogP contribution is 2.14. The fourth-order valence-electron chi connectivity index (χ4n) is 1.75. The SMILES string of the molecule is CCCOCCC(CNC)CC(C)C. The van der Waals surface area contributed by atoms with Crippen LogP contribution < -0.4 is 5.32 Å². The molecule has 0 amide bonds. The molecule has 86 valence electrons. The zero-order chi connectivity index (χ0) is 10.8. The van der Waals surface area contributed by atoms with Gasteiger partial charge in [0.15, 0.2) is 0 Å². The quantitative estimate of drug-likeness (QED) is 0.579. The van der Waals surface area contributed by atoms with Crippen molar-refractivity contribution in [1.29, 1.82) is 0 Å². The van der Waals surface area contributed by atoms with Crippen molar-refractivity contribution in [3.05, 3.63) is 0 Å². The van der Waals surface area contributed by atoms with Crippen LogP contribution in [-0.4, -0.2) is 26.8 Å². The Labute approximate surface area is 89.4 Å². The van der Waals surface area contributed by atoms with Gasteiger partial charge in [-0.1, -0.05) is 20.8 Å². The van der Waals surface area contributed by atoms with Crippen LogP contribution >= 0.6 is 0 Å². The summed E-state index contributed by atoms with van der Waals surface area (Å²) in [5.41, 5.74) is 0. The molecule has 14 heavy (non-hydrogen) atoms. The molecule has 1 N–H and O–H groups in total. The summed E-state index contributed by atoms with van der Waals surface area (Å²) in [6, 6.07) is 0. The molecule has 0 spiro atoms. The Morgan fingerprint density at radius 3 is 2.43 bits per heavy atom. The summed E-state index contributed by atoms with van der Waals surface area (Å²) < 4.78 is 5.51. The molecule has 0 radical (unpaired) electrons. The summed E-state index contributed by atoms with van der Waals surface area (Å²) in [6.07, 6.45) is 3.62. The topological polar surface area (TPSA) is 21.3 Å². The first kappa shape index (κ1) is 13.9. The summed E-state index contributed by atoms with van der Waals surface area (Å²) >= 11 is 0.